The highest BCUT2D eigenvalue weighted by atomic mass is 16.2. The molecule has 1 amide bonds. The average molecular weight is 294 g/mol. The first-order chi connectivity index (χ1) is 10.0. The van der Waals surface area contributed by atoms with Crippen molar-refractivity contribution in [1.29, 1.82) is 0 Å². The molecule has 0 aromatic rings. The number of hydrogen-bond acceptors (Lipinski definition) is 2. The van der Waals surface area contributed by atoms with Crippen molar-refractivity contribution in [1.82, 2.24) is 10.2 Å². The van der Waals surface area contributed by atoms with Crippen molar-refractivity contribution in [2.45, 2.75) is 97.3 Å². The zero-order valence-electron chi connectivity index (χ0n) is 14.4. The molecule has 1 N–H and O–H groups in total. The molecular formula is C18H34N2O. The summed E-state index contributed by atoms with van der Waals surface area (Å²) in [6.07, 6.45) is 9.76. The number of carbonyl (C=O) groups excluding carboxylic acids is 1. The molecule has 3 nitrogen and oxygen atoms in total. The summed E-state index contributed by atoms with van der Waals surface area (Å²) in [6.45, 7) is 9.05. The SMILES string of the molecule is CCCCC1NC(CC(C)C)N(C2CCCCC2C)C1=O. The molecule has 1 saturated carbocycles. The zero-order chi connectivity index (χ0) is 15.4. The van der Waals surface area contributed by atoms with E-state index in [-0.39, 0.29) is 12.2 Å². The van der Waals surface area contributed by atoms with Gasteiger partial charge in [0, 0.05) is 6.04 Å². The van der Waals surface area contributed by atoms with Gasteiger partial charge in [-0.05, 0) is 37.5 Å². The van der Waals surface area contributed by atoms with E-state index in [1.165, 1.54) is 32.1 Å². The van der Waals surface area contributed by atoms with E-state index >= 15 is 0 Å². The minimum absolute atomic E-state index is 0.0721. The van der Waals surface area contributed by atoms with E-state index in [9.17, 15) is 4.79 Å². The van der Waals surface area contributed by atoms with Crippen molar-refractivity contribution in [2.75, 3.05) is 0 Å². The fraction of sp³-hybridized carbons (Fsp3) is 0.944. The van der Waals surface area contributed by atoms with Gasteiger partial charge < -0.3 is 4.90 Å². The van der Waals surface area contributed by atoms with Crippen LogP contribution < -0.4 is 5.32 Å². The summed E-state index contributed by atoms with van der Waals surface area (Å²) >= 11 is 0. The number of nitrogens with zero attached hydrogens (tertiary/aromatic N) is 1. The lowest BCUT2D eigenvalue weighted by molar-refractivity contribution is -0.134. The zero-order valence-corrected chi connectivity index (χ0v) is 14.4. The van der Waals surface area contributed by atoms with Gasteiger partial charge in [0.25, 0.3) is 0 Å². The summed E-state index contributed by atoms with van der Waals surface area (Å²) in [5.74, 6) is 1.67. The molecule has 4 atom stereocenters. The van der Waals surface area contributed by atoms with Crippen molar-refractivity contribution >= 4 is 5.91 Å². The van der Waals surface area contributed by atoms with Crippen LogP contribution in [0.1, 0.15) is 79.1 Å². The number of hydrogen-bond donors (Lipinski definition) is 1. The molecule has 4 unspecified atom stereocenters. The van der Waals surface area contributed by atoms with Crippen LogP contribution in [0.4, 0.5) is 0 Å². The van der Waals surface area contributed by atoms with Crippen LogP contribution in [0.5, 0.6) is 0 Å². The van der Waals surface area contributed by atoms with Crippen molar-refractivity contribution in [2.24, 2.45) is 11.8 Å². The van der Waals surface area contributed by atoms with Crippen LogP contribution in [0.2, 0.25) is 0 Å². The second-order valence-corrected chi connectivity index (χ2v) is 7.58. The summed E-state index contributed by atoms with van der Waals surface area (Å²) < 4.78 is 0. The average Bonchev–Trinajstić information content (AvgIpc) is 2.73. The molecule has 0 bridgehead atoms. The summed E-state index contributed by atoms with van der Waals surface area (Å²) in [7, 11) is 0. The predicted octanol–water partition coefficient (Wildman–Crippen LogP) is 3.93. The van der Waals surface area contributed by atoms with Crippen LogP contribution in [0.3, 0.4) is 0 Å². The maximum absolute atomic E-state index is 12.9. The Labute approximate surface area is 130 Å². The molecule has 1 saturated heterocycles. The number of rotatable bonds is 6. The summed E-state index contributed by atoms with van der Waals surface area (Å²) in [4.78, 5) is 15.2. The second kappa shape index (κ2) is 7.62. The van der Waals surface area contributed by atoms with E-state index in [4.69, 9.17) is 0 Å². The topological polar surface area (TPSA) is 32.3 Å². The molecular weight excluding hydrogens is 260 g/mol. The third-order valence-corrected chi connectivity index (χ3v) is 5.25. The molecule has 1 aliphatic heterocycles. The van der Waals surface area contributed by atoms with Gasteiger partial charge in [-0.15, -0.1) is 0 Å². The van der Waals surface area contributed by atoms with Gasteiger partial charge in [0.15, 0.2) is 0 Å². The Balaban J connectivity index is 2.10. The quantitative estimate of drug-likeness (QED) is 0.805. The first-order valence-corrected chi connectivity index (χ1v) is 9.12. The molecule has 0 radical (unpaired) electrons. The first-order valence-electron chi connectivity index (χ1n) is 9.12. The minimum atomic E-state index is 0.0721. The Morgan fingerprint density at radius 2 is 2.00 bits per heavy atom. The number of unbranched alkanes of at least 4 members (excludes halogenated alkanes) is 1. The van der Waals surface area contributed by atoms with Gasteiger partial charge in [-0.2, -0.15) is 0 Å². The van der Waals surface area contributed by atoms with E-state index in [0.29, 0.717) is 23.8 Å². The van der Waals surface area contributed by atoms with Crippen molar-refractivity contribution < 1.29 is 4.79 Å². The number of amides is 1. The molecule has 0 aromatic heterocycles. The maximum atomic E-state index is 12.9. The Morgan fingerprint density at radius 3 is 2.62 bits per heavy atom. The van der Waals surface area contributed by atoms with E-state index in [1.54, 1.807) is 0 Å². The summed E-state index contributed by atoms with van der Waals surface area (Å²) in [5.41, 5.74) is 0. The van der Waals surface area contributed by atoms with Crippen LogP contribution in [-0.4, -0.2) is 29.1 Å². The Bertz CT molecular complexity index is 342. The highest BCUT2D eigenvalue weighted by Gasteiger charge is 2.43. The monoisotopic (exact) mass is 294 g/mol. The third-order valence-electron chi connectivity index (χ3n) is 5.25. The van der Waals surface area contributed by atoms with E-state index in [2.05, 4.69) is 37.9 Å². The Hall–Kier alpha value is -0.570. The van der Waals surface area contributed by atoms with Crippen LogP contribution >= 0.6 is 0 Å². The lowest BCUT2D eigenvalue weighted by atomic mass is 9.84. The molecule has 1 heterocycles. The van der Waals surface area contributed by atoms with Gasteiger partial charge >= 0.3 is 0 Å². The molecule has 21 heavy (non-hydrogen) atoms. The molecule has 122 valence electrons. The van der Waals surface area contributed by atoms with E-state index in [0.717, 1.165) is 19.3 Å². The molecule has 2 rings (SSSR count). The Kier molecular flexibility index (Phi) is 6.09. The number of carbonyl (C=O) groups is 1. The third kappa shape index (κ3) is 4.00. The molecule has 1 aliphatic carbocycles. The van der Waals surface area contributed by atoms with Gasteiger partial charge in [-0.1, -0.05) is 53.4 Å². The number of nitrogens with one attached hydrogen (secondary N) is 1. The van der Waals surface area contributed by atoms with Gasteiger partial charge in [-0.3, -0.25) is 10.1 Å². The van der Waals surface area contributed by atoms with Gasteiger partial charge in [-0.25, -0.2) is 0 Å². The predicted molar refractivity (Wildman–Crippen MR) is 88.0 cm³/mol. The lowest BCUT2D eigenvalue weighted by Crippen LogP contribution is -2.49. The first kappa shape index (κ1) is 16.8. The fourth-order valence-electron chi connectivity index (χ4n) is 4.07. The van der Waals surface area contributed by atoms with Crippen molar-refractivity contribution in [3.05, 3.63) is 0 Å². The standard InChI is InChI=1S/C18H34N2O/c1-5-6-10-15-18(21)20(17(19-15)12-13(2)3)16-11-8-7-9-14(16)4/h13-17,19H,5-12H2,1-4H3. The highest BCUT2D eigenvalue weighted by Crippen LogP contribution is 2.33. The minimum Gasteiger partial charge on any atom is -0.323 e. The molecule has 2 aliphatic rings. The van der Waals surface area contributed by atoms with Crippen molar-refractivity contribution in [3.63, 3.8) is 0 Å². The maximum Gasteiger partial charge on any atom is 0.241 e. The molecule has 0 spiro atoms. The Morgan fingerprint density at radius 1 is 1.29 bits per heavy atom. The van der Waals surface area contributed by atoms with E-state index in [1.807, 2.05) is 0 Å². The van der Waals surface area contributed by atoms with Crippen molar-refractivity contribution in [3.8, 4) is 0 Å². The molecule has 2 fully saturated rings. The van der Waals surface area contributed by atoms with Gasteiger partial charge in [0.2, 0.25) is 5.91 Å². The normalized spacial score (nSPS) is 34.0. The van der Waals surface area contributed by atoms with Crippen LogP contribution in [-0.2, 0) is 4.79 Å². The summed E-state index contributed by atoms with van der Waals surface area (Å²) in [5, 5.41) is 3.65. The molecule has 3 heteroatoms. The largest absolute Gasteiger partial charge is 0.323 e. The lowest BCUT2D eigenvalue weighted by Gasteiger charge is -2.39. The van der Waals surface area contributed by atoms with Crippen LogP contribution in [0.15, 0.2) is 0 Å². The van der Waals surface area contributed by atoms with E-state index < -0.39 is 0 Å². The smallest absolute Gasteiger partial charge is 0.241 e. The molecule has 0 aromatic carbocycles. The highest BCUT2D eigenvalue weighted by molar-refractivity contribution is 5.84. The van der Waals surface area contributed by atoms with Gasteiger partial charge in [0.05, 0.1) is 12.2 Å². The fourth-order valence-corrected chi connectivity index (χ4v) is 4.07. The van der Waals surface area contributed by atoms with Crippen LogP contribution in [0.25, 0.3) is 0 Å². The van der Waals surface area contributed by atoms with Gasteiger partial charge in [0.1, 0.15) is 0 Å². The second-order valence-electron chi connectivity index (χ2n) is 7.58. The van der Waals surface area contributed by atoms with Crippen LogP contribution in [0, 0.1) is 11.8 Å². The summed E-state index contributed by atoms with van der Waals surface area (Å²) in [6, 6.07) is 0.539.